The highest BCUT2D eigenvalue weighted by molar-refractivity contribution is 6.60. The van der Waals surface area contributed by atoms with Crippen LogP contribution in [0.3, 0.4) is 0 Å². The fraction of sp³-hybridized carbons (Fsp3) is 1.00. The summed E-state index contributed by atoms with van der Waals surface area (Å²) in [4.78, 5) is 2.17. The molecular weight excluding hydrogens is 186 g/mol. The van der Waals surface area contributed by atoms with Crippen LogP contribution < -0.4 is 0 Å². The Hall–Kier alpha value is 0.0569. The Morgan fingerprint density at radius 2 is 1.54 bits per heavy atom. The van der Waals surface area contributed by atoms with E-state index < -0.39 is 8.80 Å². The molecule has 0 spiro atoms. The first-order valence-electron chi connectivity index (χ1n) is 4.48. The van der Waals surface area contributed by atoms with Gasteiger partial charge in [-0.25, -0.2) is 0 Å². The molecule has 0 saturated heterocycles. The van der Waals surface area contributed by atoms with Gasteiger partial charge in [-0.2, -0.15) is 0 Å². The van der Waals surface area contributed by atoms with Crippen molar-refractivity contribution in [1.82, 2.24) is 4.90 Å². The maximum absolute atomic E-state index is 5.31. The molecule has 0 atom stereocenters. The van der Waals surface area contributed by atoms with Gasteiger partial charge < -0.3 is 18.2 Å². The van der Waals surface area contributed by atoms with E-state index in [0.29, 0.717) is 0 Å². The van der Waals surface area contributed by atoms with Gasteiger partial charge in [-0.1, -0.05) is 6.92 Å². The predicted octanol–water partition coefficient (Wildman–Crippen LogP) is 0.746. The number of hydrogen-bond donors (Lipinski definition) is 0. The van der Waals surface area contributed by atoms with E-state index in [9.17, 15) is 0 Å². The molecule has 0 unspecified atom stereocenters. The number of hydrogen-bond acceptors (Lipinski definition) is 4. The normalized spacial score (nSPS) is 12.5. The average molecular weight is 207 g/mol. The summed E-state index contributed by atoms with van der Waals surface area (Å²) in [6.45, 7) is 3.18. The lowest BCUT2D eigenvalue weighted by molar-refractivity contribution is 0.107. The van der Waals surface area contributed by atoms with Gasteiger partial charge in [-0.15, -0.1) is 0 Å². The van der Waals surface area contributed by atoms with E-state index in [2.05, 4.69) is 11.8 Å². The van der Waals surface area contributed by atoms with Crippen molar-refractivity contribution in [1.29, 1.82) is 0 Å². The summed E-state index contributed by atoms with van der Waals surface area (Å²) in [5.41, 5.74) is 0. The van der Waals surface area contributed by atoms with Crippen LogP contribution in [0.2, 0.25) is 0 Å². The van der Waals surface area contributed by atoms with E-state index in [1.165, 1.54) is 0 Å². The first kappa shape index (κ1) is 13.1. The molecule has 0 aliphatic rings. The lowest BCUT2D eigenvalue weighted by atomic mass is 10.5. The Labute approximate surface area is 82.1 Å². The molecule has 0 aromatic carbocycles. The van der Waals surface area contributed by atoms with Crippen molar-refractivity contribution in [2.24, 2.45) is 0 Å². The smallest absolute Gasteiger partial charge is 0.376 e. The van der Waals surface area contributed by atoms with Crippen molar-refractivity contribution in [3.63, 3.8) is 0 Å². The van der Waals surface area contributed by atoms with Crippen LogP contribution in [0.15, 0.2) is 0 Å². The molecule has 13 heavy (non-hydrogen) atoms. The molecule has 0 aromatic rings. The highest BCUT2D eigenvalue weighted by Crippen LogP contribution is 2.07. The van der Waals surface area contributed by atoms with E-state index in [4.69, 9.17) is 13.3 Å². The second kappa shape index (κ2) is 6.50. The minimum atomic E-state index is -2.39. The molecule has 5 heteroatoms. The summed E-state index contributed by atoms with van der Waals surface area (Å²) in [7, 11) is 4.57. The van der Waals surface area contributed by atoms with Crippen LogP contribution in [0.4, 0.5) is 0 Å². The third-order valence-electron chi connectivity index (χ3n) is 2.00. The Morgan fingerprint density at radius 3 is 1.85 bits per heavy atom. The topological polar surface area (TPSA) is 30.9 Å². The average Bonchev–Trinajstić information content (AvgIpc) is 2.15. The van der Waals surface area contributed by atoms with Crippen molar-refractivity contribution in [2.45, 2.75) is 13.3 Å². The van der Waals surface area contributed by atoms with Gasteiger partial charge in [0.05, 0.1) is 6.17 Å². The van der Waals surface area contributed by atoms with E-state index in [-0.39, 0.29) is 0 Å². The summed E-state index contributed by atoms with van der Waals surface area (Å²) in [5.74, 6) is 0. The molecule has 0 heterocycles. The molecule has 0 rings (SSSR count). The molecule has 0 radical (unpaired) electrons. The Balaban J connectivity index is 4.07. The minimum Gasteiger partial charge on any atom is -0.376 e. The van der Waals surface area contributed by atoms with Crippen molar-refractivity contribution >= 4 is 8.80 Å². The molecule has 80 valence electrons. The lowest BCUT2D eigenvalue weighted by Crippen LogP contribution is -2.52. The van der Waals surface area contributed by atoms with Gasteiger partial charge >= 0.3 is 8.80 Å². The second-order valence-corrected chi connectivity index (χ2v) is 5.94. The van der Waals surface area contributed by atoms with E-state index >= 15 is 0 Å². The summed E-state index contributed by atoms with van der Waals surface area (Å²) in [5, 5.41) is 0. The van der Waals surface area contributed by atoms with Crippen LogP contribution in [0.5, 0.6) is 0 Å². The molecule has 0 amide bonds. The summed E-state index contributed by atoms with van der Waals surface area (Å²) in [6, 6.07) is 0. The van der Waals surface area contributed by atoms with Crippen LogP contribution in [-0.2, 0) is 13.3 Å². The third kappa shape index (κ3) is 4.19. The van der Waals surface area contributed by atoms with Crippen LogP contribution in [-0.4, -0.2) is 54.8 Å². The van der Waals surface area contributed by atoms with Gasteiger partial charge in [0.15, 0.2) is 0 Å². The van der Waals surface area contributed by atoms with Crippen LogP contribution >= 0.6 is 0 Å². The van der Waals surface area contributed by atoms with Gasteiger partial charge in [0, 0.05) is 21.3 Å². The maximum atomic E-state index is 5.31. The van der Waals surface area contributed by atoms with E-state index in [0.717, 1.165) is 19.1 Å². The summed E-state index contributed by atoms with van der Waals surface area (Å²) in [6.07, 6.45) is 1.86. The molecule has 0 N–H and O–H groups in total. The van der Waals surface area contributed by atoms with Gasteiger partial charge in [0.25, 0.3) is 0 Å². The number of rotatable bonds is 7. The molecular formula is C8H21NO3Si. The van der Waals surface area contributed by atoms with Crippen molar-refractivity contribution in [3.8, 4) is 0 Å². The first-order chi connectivity index (χ1) is 6.14. The highest BCUT2D eigenvalue weighted by Gasteiger charge is 2.38. The molecule has 0 bridgehead atoms. The van der Waals surface area contributed by atoms with Crippen molar-refractivity contribution < 1.29 is 13.3 Å². The summed E-state index contributed by atoms with van der Waals surface area (Å²) < 4.78 is 15.9. The standard InChI is InChI=1S/C8H21NO3Si/c1-6-7-9(2)8-13(10-3,11-4)12-5/h6-8H2,1-5H3. The lowest BCUT2D eigenvalue weighted by Gasteiger charge is -2.28. The summed E-state index contributed by atoms with van der Waals surface area (Å²) >= 11 is 0. The Bertz CT molecular complexity index is 122. The molecule has 0 aliphatic heterocycles. The molecule has 4 nitrogen and oxygen atoms in total. The maximum Gasteiger partial charge on any atom is 0.514 e. The molecule has 0 aromatic heterocycles. The largest absolute Gasteiger partial charge is 0.514 e. The highest BCUT2D eigenvalue weighted by atomic mass is 28.4. The van der Waals surface area contributed by atoms with E-state index in [1.807, 2.05) is 7.05 Å². The van der Waals surface area contributed by atoms with E-state index in [1.54, 1.807) is 21.3 Å². The van der Waals surface area contributed by atoms with Crippen LogP contribution in [0, 0.1) is 0 Å². The Kier molecular flexibility index (Phi) is 6.53. The quantitative estimate of drug-likeness (QED) is 0.576. The third-order valence-corrected chi connectivity index (χ3v) is 4.80. The minimum absolute atomic E-state index is 0.740. The molecule has 0 saturated carbocycles. The predicted molar refractivity (Wildman–Crippen MR) is 54.6 cm³/mol. The van der Waals surface area contributed by atoms with Gasteiger partial charge in [-0.3, -0.25) is 0 Å². The van der Waals surface area contributed by atoms with Gasteiger partial charge in [0.2, 0.25) is 0 Å². The zero-order valence-corrected chi connectivity index (χ0v) is 10.3. The Morgan fingerprint density at radius 1 is 1.08 bits per heavy atom. The monoisotopic (exact) mass is 207 g/mol. The molecule has 0 aliphatic carbocycles. The fourth-order valence-electron chi connectivity index (χ4n) is 1.24. The van der Waals surface area contributed by atoms with Crippen molar-refractivity contribution in [3.05, 3.63) is 0 Å². The van der Waals surface area contributed by atoms with Crippen LogP contribution in [0.25, 0.3) is 0 Å². The second-order valence-electron chi connectivity index (χ2n) is 3.03. The SMILES string of the molecule is CCCN(C)C[Si](OC)(OC)OC. The van der Waals surface area contributed by atoms with Crippen molar-refractivity contribution in [2.75, 3.05) is 41.1 Å². The first-order valence-corrected chi connectivity index (χ1v) is 6.41. The van der Waals surface area contributed by atoms with Crippen LogP contribution in [0.1, 0.15) is 13.3 Å². The zero-order valence-electron chi connectivity index (χ0n) is 9.29. The number of nitrogens with zero attached hydrogens (tertiary/aromatic N) is 1. The molecule has 0 fully saturated rings. The fourth-order valence-corrected chi connectivity index (χ4v) is 2.94. The van der Waals surface area contributed by atoms with Gasteiger partial charge in [0.1, 0.15) is 0 Å². The van der Waals surface area contributed by atoms with Gasteiger partial charge in [-0.05, 0) is 20.0 Å². The zero-order chi connectivity index (χ0) is 10.3.